The van der Waals surface area contributed by atoms with Crippen LogP contribution in [0.1, 0.15) is 15.9 Å². The average Bonchev–Trinajstić information content (AvgIpc) is 2.72. The van der Waals surface area contributed by atoms with E-state index in [0.29, 0.717) is 12.1 Å². The monoisotopic (exact) mass is 337 g/mol. The normalized spacial score (nSPS) is 10.6. The smallest absolute Gasteiger partial charge is 0.252 e. The highest BCUT2D eigenvalue weighted by Crippen LogP contribution is 2.24. The van der Waals surface area contributed by atoms with Crippen LogP contribution < -0.4 is 5.32 Å². The van der Waals surface area contributed by atoms with E-state index in [-0.39, 0.29) is 5.91 Å². The molecule has 0 spiro atoms. The van der Waals surface area contributed by atoms with Gasteiger partial charge in [-0.3, -0.25) is 4.79 Å². The lowest BCUT2D eigenvalue weighted by Crippen LogP contribution is -2.23. The summed E-state index contributed by atoms with van der Waals surface area (Å²) in [4.78, 5) is 12.8. The number of hydrogen-bond donors (Lipinski definition) is 1. The molecule has 0 fully saturated rings. The first-order valence-corrected chi connectivity index (χ1v) is 8.72. The topological polar surface area (TPSA) is 29.1 Å². The maximum Gasteiger partial charge on any atom is 0.252 e. The second-order valence-electron chi connectivity index (χ2n) is 6.23. The largest absolute Gasteiger partial charge is 0.348 e. The van der Waals surface area contributed by atoms with Crippen LogP contribution in [-0.4, -0.2) is 5.91 Å². The first kappa shape index (κ1) is 16.1. The molecule has 4 aromatic rings. The first-order chi connectivity index (χ1) is 12.8. The molecular weight excluding hydrogens is 318 g/mol. The van der Waals surface area contributed by atoms with Crippen molar-refractivity contribution in [2.75, 3.05) is 0 Å². The third-order valence-corrected chi connectivity index (χ3v) is 4.58. The molecule has 126 valence electrons. The van der Waals surface area contributed by atoms with E-state index < -0.39 is 0 Å². The number of amides is 1. The lowest BCUT2D eigenvalue weighted by atomic mass is 9.99. The Bertz CT molecular complexity index is 1050. The summed E-state index contributed by atoms with van der Waals surface area (Å²) in [7, 11) is 0. The van der Waals surface area contributed by atoms with Gasteiger partial charge in [-0.15, -0.1) is 0 Å². The number of hydrogen-bond acceptors (Lipinski definition) is 1. The molecule has 2 nitrogen and oxygen atoms in total. The van der Waals surface area contributed by atoms with Gasteiger partial charge in [0.05, 0.1) is 0 Å². The summed E-state index contributed by atoms with van der Waals surface area (Å²) < 4.78 is 0. The molecule has 0 unspecified atom stereocenters. The predicted octanol–water partition coefficient (Wildman–Crippen LogP) is 5.44. The number of fused-ring (bicyclic) bond motifs is 1. The van der Waals surface area contributed by atoms with Gasteiger partial charge in [-0.1, -0.05) is 91.0 Å². The van der Waals surface area contributed by atoms with E-state index in [4.69, 9.17) is 0 Å². The van der Waals surface area contributed by atoms with E-state index in [1.807, 2.05) is 72.8 Å². The second kappa shape index (κ2) is 7.24. The second-order valence-corrected chi connectivity index (χ2v) is 6.23. The number of nitrogens with one attached hydrogen (secondary N) is 1. The Balaban J connectivity index is 1.60. The van der Waals surface area contributed by atoms with Gasteiger partial charge in [0.15, 0.2) is 0 Å². The molecule has 0 aliphatic rings. The van der Waals surface area contributed by atoms with Gasteiger partial charge in [-0.25, -0.2) is 0 Å². The maximum absolute atomic E-state index is 12.8. The molecule has 0 aliphatic heterocycles. The zero-order chi connectivity index (χ0) is 17.8. The highest BCUT2D eigenvalue weighted by atomic mass is 16.1. The molecule has 0 aliphatic carbocycles. The van der Waals surface area contributed by atoms with E-state index in [9.17, 15) is 4.79 Å². The molecule has 1 amide bonds. The van der Waals surface area contributed by atoms with Gasteiger partial charge in [0.1, 0.15) is 0 Å². The van der Waals surface area contributed by atoms with Crippen LogP contribution in [0, 0.1) is 0 Å². The minimum absolute atomic E-state index is 0.0580. The molecule has 26 heavy (non-hydrogen) atoms. The van der Waals surface area contributed by atoms with Crippen molar-refractivity contribution in [3.8, 4) is 11.1 Å². The summed E-state index contributed by atoms with van der Waals surface area (Å²) in [5.74, 6) is -0.0580. The van der Waals surface area contributed by atoms with Crippen LogP contribution in [0.15, 0.2) is 97.1 Å². The van der Waals surface area contributed by atoms with Crippen LogP contribution in [0.25, 0.3) is 21.9 Å². The fourth-order valence-electron chi connectivity index (χ4n) is 3.27. The van der Waals surface area contributed by atoms with Crippen molar-refractivity contribution in [3.05, 3.63) is 108 Å². The lowest BCUT2D eigenvalue weighted by molar-refractivity contribution is 0.0951. The van der Waals surface area contributed by atoms with Crippen molar-refractivity contribution < 1.29 is 4.79 Å². The Morgan fingerprint density at radius 2 is 1.38 bits per heavy atom. The number of carbonyl (C=O) groups is 1. The standard InChI is InChI=1S/C24H19NO/c26-24(23-16-7-6-15-22(23)19-9-2-1-3-10-19)25-17-20-13-8-12-18-11-4-5-14-21(18)20/h1-16H,17H2,(H,25,26). The van der Waals surface area contributed by atoms with Gasteiger partial charge in [0, 0.05) is 12.1 Å². The minimum Gasteiger partial charge on any atom is -0.348 e. The minimum atomic E-state index is -0.0580. The Hall–Kier alpha value is -3.39. The maximum atomic E-state index is 12.8. The molecule has 0 bridgehead atoms. The number of benzene rings is 4. The van der Waals surface area contributed by atoms with Crippen molar-refractivity contribution in [2.24, 2.45) is 0 Å². The molecular formula is C24H19NO. The fourth-order valence-corrected chi connectivity index (χ4v) is 3.27. The molecule has 4 aromatic carbocycles. The molecule has 0 aromatic heterocycles. The SMILES string of the molecule is O=C(NCc1cccc2ccccc12)c1ccccc1-c1ccccc1. The summed E-state index contributed by atoms with van der Waals surface area (Å²) in [6, 6.07) is 32.1. The zero-order valence-electron chi connectivity index (χ0n) is 14.4. The Labute approximate surface area is 153 Å². The lowest BCUT2D eigenvalue weighted by Gasteiger charge is -2.12. The van der Waals surface area contributed by atoms with Crippen molar-refractivity contribution in [1.82, 2.24) is 5.32 Å². The van der Waals surface area contributed by atoms with Crippen LogP contribution in [-0.2, 0) is 6.54 Å². The average molecular weight is 337 g/mol. The van der Waals surface area contributed by atoms with E-state index in [1.165, 1.54) is 10.8 Å². The third-order valence-electron chi connectivity index (χ3n) is 4.58. The van der Waals surface area contributed by atoms with Crippen molar-refractivity contribution in [3.63, 3.8) is 0 Å². The van der Waals surface area contributed by atoms with Crippen molar-refractivity contribution in [2.45, 2.75) is 6.54 Å². The molecule has 4 rings (SSSR count). The highest BCUT2D eigenvalue weighted by Gasteiger charge is 2.12. The first-order valence-electron chi connectivity index (χ1n) is 8.72. The predicted molar refractivity (Wildman–Crippen MR) is 107 cm³/mol. The fraction of sp³-hybridized carbons (Fsp3) is 0.0417. The summed E-state index contributed by atoms with van der Waals surface area (Å²) in [6.07, 6.45) is 0. The van der Waals surface area contributed by atoms with Crippen LogP contribution in [0.3, 0.4) is 0 Å². The van der Waals surface area contributed by atoms with Gasteiger partial charge in [0.25, 0.3) is 5.91 Å². The van der Waals surface area contributed by atoms with Gasteiger partial charge in [0.2, 0.25) is 0 Å². The Morgan fingerprint density at radius 3 is 2.27 bits per heavy atom. The quantitative estimate of drug-likeness (QED) is 0.528. The molecule has 0 saturated carbocycles. The van der Waals surface area contributed by atoms with Gasteiger partial charge in [-0.05, 0) is 33.5 Å². The van der Waals surface area contributed by atoms with Crippen LogP contribution in [0.4, 0.5) is 0 Å². The number of carbonyl (C=O) groups excluding carboxylic acids is 1. The molecule has 1 N–H and O–H groups in total. The van der Waals surface area contributed by atoms with E-state index in [0.717, 1.165) is 16.7 Å². The molecule has 0 radical (unpaired) electrons. The van der Waals surface area contributed by atoms with Crippen molar-refractivity contribution >= 4 is 16.7 Å². The molecule has 0 heterocycles. The number of rotatable bonds is 4. The Kier molecular flexibility index (Phi) is 4.48. The van der Waals surface area contributed by atoms with Crippen LogP contribution in [0.5, 0.6) is 0 Å². The van der Waals surface area contributed by atoms with E-state index in [2.05, 4.69) is 29.6 Å². The van der Waals surface area contributed by atoms with E-state index >= 15 is 0 Å². The van der Waals surface area contributed by atoms with Gasteiger partial charge >= 0.3 is 0 Å². The Morgan fingerprint density at radius 1 is 0.692 bits per heavy atom. The summed E-state index contributed by atoms with van der Waals surface area (Å²) >= 11 is 0. The molecule has 0 atom stereocenters. The zero-order valence-corrected chi connectivity index (χ0v) is 14.4. The van der Waals surface area contributed by atoms with Gasteiger partial charge < -0.3 is 5.32 Å². The van der Waals surface area contributed by atoms with Crippen molar-refractivity contribution in [1.29, 1.82) is 0 Å². The van der Waals surface area contributed by atoms with Crippen LogP contribution in [0.2, 0.25) is 0 Å². The van der Waals surface area contributed by atoms with E-state index in [1.54, 1.807) is 0 Å². The highest BCUT2D eigenvalue weighted by molar-refractivity contribution is 6.01. The summed E-state index contributed by atoms with van der Waals surface area (Å²) in [5, 5.41) is 5.44. The van der Waals surface area contributed by atoms with Gasteiger partial charge in [-0.2, -0.15) is 0 Å². The molecule has 2 heteroatoms. The summed E-state index contributed by atoms with van der Waals surface area (Å²) in [5.41, 5.74) is 3.81. The molecule has 0 saturated heterocycles. The summed E-state index contributed by atoms with van der Waals surface area (Å²) in [6.45, 7) is 0.503. The van der Waals surface area contributed by atoms with Crippen LogP contribution >= 0.6 is 0 Å². The third kappa shape index (κ3) is 3.22.